The maximum absolute atomic E-state index is 11.5. The fraction of sp³-hybridized carbons (Fsp3) is 0.333. The van der Waals surface area contributed by atoms with Gasteiger partial charge in [-0.2, -0.15) is 0 Å². The normalized spacial score (nSPS) is 18.9. The molecule has 3 aromatic rings. The molecule has 2 N–H and O–H groups in total. The standard InChI is InChI=1S/C18H20N4OS/c19-17(23)14-7-4-8-21(11-14)12-15-16(13-5-2-1-3-6-13)20-18-22(15)9-10-24-18/h1-3,5-6,9-10,14H,4,7-8,11-12H2,(H2,19,23). The number of rotatable bonds is 4. The smallest absolute Gasteiger partial charge is 0.221 e. The van der Waals surface area contributed by atoms with E-state index in [9.17, 15) is 4.79 Å². The molecule has 0 spiro atoms. The number of primary amides is 1. The van der Waals surface area contributed by atoms with E-state index < -0.39 is 0 Å². The van der Waals surface area contributed by atoms with Crippen molar-refractivity contribution in [3.63, 3.8) is 0 Å². The second-order valence-corrected chi connectivity index (χ2v) is 7.18. The van der Waals surface area contributed by atoms with Gasteiger partial charge in [-0.3, -0.25) is 14.1 Å². The van der Waals surface area contributed by atoms with Crippen molar-refractivity contribution in [1.82, 2.24) is 14.3 Å². The summed E-state index contributed by atoms with van der Waals surface area (Å²) < 4.78 is 2.17. The lowest BCUT2D eigenvalue weighted by atomic mass is 9.97. The summed E-state index contributed by atoms with van der Waals surface area (Å²) in [4.78, 5) is 19.7. The quantitative estimate of drug-likeness (QED) is 0.794. The van der Waals surface area contributed by atoms with Crippen LogP contribution in [0.25, 0.3) is 16.2 Å². The van der Waals surface area contributed by atoms with Gasteiger partial charge in [0, 0.05) is 30.2 Å². The third-order valence-corrected chi connectivity index (χ3v) is 5.45. The molecular formula is C18H20N4OS. The molecule has 5 nitrogen and oxygen atoms in total. The van der Waals surface area contributed by atoms with Crippen LogP contribution in [0.1, 0.15) is 18.5 Å². The van der Waals surface area contributed by atoms with Crippen LogP contribution in [-0.2, 0) is 11.3 Å². The fourth-order valence-corrected chi connectivity index (χ4v) is 4.19. The number of imidazole rings is 1. The molecule has 0 radical (unpaired) electrons. The summed E-state index contributed by atoms with van der Waals surface area (Å²) >= 11 is 1.64. The summed E-state index contributed by atoms with van der Waals surface area (Å²) in [5.41, 5.74) is 8.86. The molecule has 6 heteroatoms. The highest BCUT2D eigenvalue weighted by atomic mass is 32.1. The molecule has 1 unspecified atom stereocenters. The van der Waals surface area contributed by atoms with E-state index >= 15 is 0 Å². The van der Waals surface area contributed by atoms with Crippen molar-refractivity contribution in [2.24, 2.45) is 11.7 Å². The number of amides is 1. The Kier molecular flexibility index (Phi) is 4.08. The minimum Gasteiger partial charge on any atom is -0.369 e. The van der Waals surface area contributed by atoms with Crippen LogP contribution in [0.5, 0.6) is 0 Å². The largest absolute Gasteiger partial charge is 0.369 e. The molecule has 1 saturated heterocycles. The Morgan fingerprint density at radius 1 is 1.33 bits per heavy atom. The molecule has 4 rings (SSSR count). The molecule has 1 amide bonds. The van der Waals surface area contributed by atoms with Crippen molar-refractivity contribution >= 4 is 22.2 Å². The van der Waals surface area contributed by atoms with Crippen LogP contribution in [0.3, 0.4) is 0 Å². The average Bonchev–Trinajstić information content (AvgIpc) is 3.19. The first kappa shape index (κ1) is 15.4. The average molecular weight is 340 g/mol. The number of nitrogens with two attached hydrogens (primary N) is 1. The molecule has 1 atom stereocenters. The summed E-state index contributed by atoms with van der Waals surface area (Å²) in [6.07, 6.45) is 3.99. The lowest BCUT2D eigenvalue weighted by molar-refractivity contribution is -0.123. The number of benzene rings is 1. The summed E-state index contributed by atoms with van der Waals surface area (Å²) in [6.45, 7) is 2.52. The van der Waals surface area contributed by atoms with Crippen molar-refractivity contribution in [2.75, 3.05) is 13.1 Å². The molecule has 0 bridgehead atoms. The molecule has 1 aromatic carbocycles. The number of carbonyl (C=O) groups excluding carboxylic acids is 1. The van der Waals surface area contributed by atoms with E-state index in [0.717, 1.165) is 48.7 Å². The van der Waals surface area contributed by atoms with Gasteiger partial charge >= 0.3 is 0 Å². The maximum Gasteiger partial charge on any atom is 0.221 e. The van der Waals surface area contributed by atoms with E-state index in [2.05, 4.69) is 33.0 Å². The highest BCUT2D eigenvalue weighted by Crippen LogP contribution is 2.28. The Morgan fingerprint density at radius 2 is 2.17 bits per heavy atom. The number of piperidine rings is 1. The lowest BCUT2D eigenvalue weighted by Gasteiger charge is -2.31. The predicted molar refractivity (Wildman–Crippen MR) is 95.7 cm³/mol. The lowest BCUT2D eigenvalue weighted by Crippen LogP contribution is -2.40. The Morgan fingerprint density at radius 3 is 2.96 bits per heavy atom. The molecular weight excluding hydrogens is 320 g/mol. The van der Waals surface area contributed by atoms with Gasteiger partial charge in [-0.15, -0.1) is 11.3 Å². The van der Waals surface area contributed by atoms with E-state index in [1.807, 2.05) is 18.2 Å². The highest BCUT2D eigenvalue weighted by Gasteiger charge is 2.26. The Hall–Kier alpha value is -2.18. The highest BCUT2D eigenvalue weighted by molar-refractivity contribution is 7.15. The van der Waals surface area contributed by atoms with Gasteiger partial charge in [-0.25, -0.2) is 4.98 Å². The number of carbonyl (C=O) groups is 1. The minimum atomic E-state index is -0.183. The number of hydrogen-bond donors (Lipinski definition) is 1. The molecule has 0 saturated carbocycles. The summed E-state index contributed by atoms with van der Waals surface area (Å²) in [6, 6.07) is 10.3. The van der Waals surface area contributed by atoms with Crippen LogP contribution in [0.4, 0.5) is 0 Å². The van der Waals surface area contributed by atoms with Gasteiger partial charge in [0.05, 0.1) is 17.3 Å². The zero-order chi connectivity index (χ0) is 16.5. The van der Waals surface area contributed by atoms with Crippen LogP contribution in [0.2, 0.25) is 0 Å². The van der Waals surface area contributed by atoms with Crippen molar-refractivity contribution in [3.05, 3.63) is 47.6 Å². The number of thiazole rings is 1. The van der Waals surface area contributed by atoms with Gasteiger partial charge in [0.1, 0.15) is 0 Å². The van der Waals surface area contributed by atoms with E-state index in [0.29, 0.717) is 0 Å². The van der Waals surface area contributed by atoms with Crippen LogP contribution >= 0.6 is 11.3 Å². The van der Waals surface area contributed by atoms with E-state index in [-0.39, 0.29) is 11.8 Å². The maximum atomic E-state index is 11.5. The molecule has 124 valence electrons. The predicted octanol–water partition coefficient (Wildman–Crippen LogP) is 2.76. The Bertz CT molecular complexity index is 854. The van der Waals surface area contributed by atoms with Gasteiger partial charge in [0.25, 0.3) is 0 Å². The van der Waals surface area contributed by atoms with Crippen LogP contribution in [-0.4, -0.2) is 33.3 Å². The molecule has 2 aromatic heterocycles. The van der Waals surface area contributed by atoms with Crippen molar-refractivity contribution in [2.45, 2.75) is 19.4 Å². The minimum absolute atomic E-state index is 0.0372. The summed E-state index contributed by atoms with van der Waals surface area (Å²) in [5, 5.41) is 2.06. The van der Waals surface area contributed by atoms with Gasteiger partial charge in [0.2, 0.25) is 5.91 Å². The van der Waals surface area contributed by atoms with Crippen LogP contribution in [0, 0.1) is 5.92 Å². The fourth-order valence-electron chi connectivity index (χ4n) is 3.45. The first-order chi connectivity index (χ1) is 11.7. The number of nitrogens with zero attached hydrogens (tertiary/aromatic N) is 3. The molecule has 1 fully saturated rings. The molecule has 1 aliphatic heterocycles. The van der Waals surface area contributed by atoms with E-state index in [4.69, 9.17) is 10.7 Å². The first-order valence-electron chi connectivity index (χ1n) is 8.24. The van der Waals surface area contributed by atoms with Gasteiger partial charge in [-0.1, -0.05) is 30.3 Å². The number of hydrogen-bond acceptors (Lipinski definition) is 4. The second-order valence-electron chi connectivity index (χ2n) is 6.31. The third kappa shape index (κ3) is 2.83. The summed E-state index contributed by atoms with van der Waals surface area (Å²) in [5.74, 6) is -0.221. The molecule has 1 aliphatic rings. The van der Waals surface area contributed by atoms with Crippen LogP contribution in [0.15, 0.2) is 41.9 Å². The van der Waals surface area contributed by atoms with Gasteiger partial charge in [0.15, 0.2) is 4.96 Å². The van der Waals surface area contributed by atoms with Crippen LogP contribution < -0.4 is 5.73 Å². The van der Waals surface area contributed by atoms with Crippen molar-refractivity contribution < 1.29 is 4.79 Å². The number of likely N-dealkylation sites (tertiary alicyclic amines) is 1. The Balaban J connectivity index is 1.68. The zero-order valence-corrected chi connectivity index (χ0v) is 14.2. The van der Waals surface area contributed by atoms with Crippen molar-refractivity contribution in [3.8, 4) is 11.3 Å². The van der Waals surface area contributed by atoms with Gasteiger partial charge in [-0.05, 0) is 19.4 Å². The van der Waals surface area contributed by atoms with Crippen molar-refractivity contribution in [1.29, 1.82) is 0 Å². The van der Waals surface area contributed by atoms with E-state index in [1.165, 1.54) is 5.69 Å². The second kappa shape index (κ2) is 6.37. The molecule has 3 heterocycles. The monoisotopic (exact) mass is 340 g/mol. The third-order valence-electron chi connectivity index (χ3n) is 4.69. The first-order valence-corrected chi connectivity index (χ1v) is 9.12. The Labute approximate surface area is 144 Å². The zero-order valence-electron chi connectivity index (χ0n) is 13.4. The number of aromatic nitrogens is 2. The summed E-state index contributed by atoms with van der Waals surface area (Å²) in [7, 11) is 0. The molecule has 0 aliphatic carbocycles. The molecule has 24 heavy (non-hydrogen) atoms. The SMILES string of the molecule is NC(=O)C1CCCN(Cc2c(-c3ccccc3)nc3sccn23)C1. The van der Waals surface area contributed by atoms with Gasteiger partial charge < -0.3 is 5.73 Å². The van der Waals surface area contributed by atoms with E-state index in [1.54, 1.807) is 11.3 Å². The number of fused-ring (bicyclic) bond motifs is 1. The topological polar surface area (TPSA) is 63.6 Å².